The number of fused-ring (bicyclic) bond motifs is 1. The molecule has 1 aromatic carbocycles. The molecule has 0 spiro atoms. The van der Waals surface area contributed by atoms with E-state index in [0.717, 1.165) is 5.56 Å². The number of methoxy groups -OCH3 is 3. The van der Waals surface area contributed by atoms with Crippen molar-refractivity contribution in [2.45, 2.75) is 23.0 Å². The first-order valence-corrected chi connectivity index (χ1v) is 10.3. The monoisotopic (exact) mass is 403 g/mol. The number of benzene rings is 1. The fourth-order valence-corrected chi connectivity index (χ4v) is 5.06. The van der Waals surface area contributed by atoms with Gasteiger partial charge in [-0.15, -0.1) is 0 Å². The second-order valence-corrected chi connectivity index (χ2v) is 8.82. The summed E-state index contributed by atoms with van der Waals surface area (Å²) in [5.41, 5.74) is 8.48. The van der Waals surface area contributed by atoms with Crippen LogP contribution in [0.25, 0.3) is 16.9 Å². The number of hydrogen-bond donors (Lipinski definition) is 1. The highest BCUT2D eigenvalue weighted by molar-refractivity contribution is 7.92. The molecule has 9 heteroatoms. The highest BCUT2D eigenvalue weighted by atomic mass is 32.2. The second-order valence-electron chi connectivity index (χ2n) is 6.62. The first-order valence-electron chi connectivity index (χ1n) is 8.71. The molecular formula is C19H21N3O5S. The molecule has 0 aliphatic heterocycles. The molecule has 2 N–H and O–H groups in total. The van der Waals surface area contributed by atoms with Gasteiger partial charge in [0, 0.05) is 17.8 Å². The number of nitrogen functional groups attached to an aromatic ring is 1. The van der Waals surface area contributed by atoms with Crippen LogP contribution in [-0.2, 0) is 9.84 Å². The number of nitrogens with two attached hydrogens (primary N) is 1. The molecule has 0 radical (unpaired) electrons. The van der Waals surface area contributed by atoms with Crippen LogP contribution in [0.15, 0.2) is 35.5 Å². The Morgan fingerprint density at radius 3 is 2.39 bits per heavy atom. The molecular weight excluding hydrogens is 382 g/mol. The SMILES string of the molecule is COc1cc2ncc(-c3cc(N)c(OC)c(OC)c3)n2cc1S(=O)(=O)C1CC1. The minimum Gasteiger partial charge on any atom is -0.495 e. The molecule has 1 aliphatic rings. The Balaban J connectivity index is 1.93. The highest BCUT2D eigenvalue weighted by Crippen LogP contribution is 2.40. The van der Waals surface area contributed by atoms with E-state index in [4.69, 9.17) is 19.9 Å². The maximum absolute atomic E-state index is 12.9. The molecule has 2 aromatic heterocycles. The van der Waals surface area contributed by atoms with E-state index >= 15 is 0 Å². The molecule has 1 saturated carbocycles. The smallest absolute Gasteiger partial charge is 0.186 e. The standard InChI is InChI=1S/C19H21N3O5S/c1-25-15-8-18-21-9-14(11-6-13(20)19(27-3)16(7-11)26-2)22(18)10-17(15)28(23,24)12-4-5-12/h6-10,12H,4-5,20H2,1-3H3. The zero-order valence-corrected chi connectivity index (χ0v) is 16.6. The van der Waals surface area contributed by atoms with Gasteiger partial charge in [0.05, 0.1) is 44.2 Å². The predicted molar refractivity (Wildman–Crippen MR) is 105 cm³/mol. The van der Waals surface area contributed by atoms with Crippen molar-refractivity contribution in [3.05, 3.63) is 30.6 Å². The van der Waals surface area contributed by atoms with E-state index in [2.05, 4.69) is 4.98 Å². The molecule has 0 saturated heterocycles. The molecule has 8 nitrogen and oxygen atoms in total. The number of nitrogens with zero attached hydrogens (tertiary/aromatic N) is 2. The zero-order valence-electron chi connectivity index (χ0n) is 15.8. The molecule has 148 valence electrons. The molecule has 4 rings (SSSR count). The van der Waals surface area contributed by atoms with Crippen LogP contribution in [0.5, 0.6) is 17.2 Å². The van der Waals surface area contributed by atoms with Crippen LogP contribution in [0.1, 0.15) is 12.8 Å². The average Bonchev–Trinajstić information content (AvgIpc) is 3.47. The third-order valence-electron chi connectivity index (χ3n) is 4.87. The number of aromatic nitrogens is 2. The van der Waals surface area contributed by atoms with Crippen LogP contribution in [0.3, 0.4) is 0 Å². The largest absolute Gasteiger partial charge is 0.495 e. The van der Waals surface area contributed by atoms with Crippen LogP contribution >= 0.6 is 0 Å². The summed E-state index contributed by atoms with van der Waals surface area (Å²) in [7, 11) is 1.05. The maximum Gasteiger partial charge on any atom is 0.186 e. The predicted octanol–water partition coefficient (Wildman–Crippen LogP) is 2.55. The Bertz CT molecular complexity index is 1170. The molecule has 0 atom stereocenters. The lowest BCUT2D eigenvalue weighted by Gasteiger charge is -2.14. The molecule has 0 bridgehead atoms. The summed E-state index contributed by atoms with van der Waals surface area (Å²) in [6, 6.07) is 5.14. The lowest BCUT2D eigenvalue weighted by atomic mass is 10.1. The first kappa shape index (κ1) is 18.4. The van der Waals surface area contributed by atoms with Crippen LogP contribution < -0.4 is 19.9 Å². The van der Waals surface area contributed by atoms with Crippen LogP contribution in [0.4, 0.5) is 5.69 Å². The molecule has 28 heavy (non-hydrogen) atoms. The second kappa shape index (κ2) is 6.59. The van der Waals surface area contributed by atoms with E-state index in [9.17, 15) is 8.42 Å². The molecule has 2 heterocycles. The van der Waals surface area contributed by atoms with Gasteiger partial charge in [0.1, 0.15) is 16.3 Å². The van der Waals surface area contributed by atoms with Crippen molar-refractivity contribution in [3.8, 4) is 28.5 Å². The highest BCUT2D eigenvalue weighted by Gasteiger charge is 2.39. The topological polar surface area (TPSA) is 105 Å². The van der Waals surface area contributed by atoms with Crippen LogP contribution in [0.2, 0.25) is 0 Å². The number of pyridine rings is 1. The number of anilines is 1. The number of sulfone groups is 1. The van der Waals surface area contributed by atoms with Gasteiger partial charge in [-0.25, -0.2) is 13.4 Å². The molecule has 0 amide bonds. The summed E-state index contributed by atoms with van der Waals surface area (Å²) in [6.45, 7) is 0. The van der Waals surface area contributed by atoms with Gasteiger partial charge in [0.2, 0.25) is 0 Å². The summed E-state index contributed by atoms with van der Waals surface area (Å²) in [5, 5.41) is -0.345. The summed E-state index contributed by atoms with van der Waals surface area (Å²) in [5.74, 6) is 1.22. The van der Waals surface area contributed by atoms with Crippen molar-refractivity contribution < 1.29 is 22.6 Å². The third-order valence-corrected chi connectivity index (χ3v) is 7.14. The van der Waals surface area contributed by atoms with Gasteiger partial charge >= 0.3 is 0 Å². The molecule has 1 fully saturated rings. The Labute approximate surface area is 162 Å². The molecule has 1 aliphatic carbocycles. The van der Waals surface area contributed by atoms with Crippen molar-refractivity contribution in [3.63, 3.8) is 0 Å². The van der Waals surface area contributed by atoms with Gasteiger partial charge < -0.3 is 19.9 Å². The summed E-state index contributed by atoms with van der Waals surface area (Å²) >= 11 is 0. The molecule has 0 unspecified atom stereocenters. The Kier molecular flexibility index (Phi) is 4.34. The van der Waals surface area contributed by atoms with Crippen molar-refractivity contribution in [1.29, 1.82) is 0 Å². The van der Waals surface area contributed by atoms with Crippen molar-refractivity contribution in [2.75, 3.05) is 27.1 Å². The Morgan fingerprint density at radius 2 is 1.79 bits per heavy atom. The summed E-state index contributed by atoms with van der Waals surface area (Å²) in [4.78, 5) is 4.55. The van der Waals surface area contributed by atoms with Crippen LogP contribution in [0, 0.1) is 0 Å². The number of hydrogen-bond acceptors (Lipinski definition) is 7. The van der Waals surface area contributed by atoms with Gasteiger partial charge in [0.15, 0.2) is 21.3 Å². The van der Waals surface area contributed by atoms with Gasteiger partial charge in [-0.1, -0.05) is 0 Å². The number of ether oxygens (including phenoxy) is 3. The maximum atomic E-state index is 12.9. The van der Waals surface area contributed by atoms with Crippen molar-refractivity contribution >= 4 is 21.2 Å². The van der Waals surface area contributed by atoms with E-state index in [1.807, 2.05) is 0 Å². The normalized spacial score (nSPS) is 14.2. The van der Waals surface area contributed by atoms with Gasteiger partial charge in [-0.2, -0.15) is 0 Å². The number of imidazole rings is 1. The lowest BCUT2D eigenvalue weighted by Crippen LogP contribution is -2.10. The summed E-state index contributed by atoms with van der Waals surface area (Å²) in [6.07, 6.45) is 4.57. The van der Waals surface area contributed by atoms with Crippen molar-refractivity contribution in [1.82, 2.24) is 9.38 Å². The minimum absolute atomic E-state index is 0.165. The molecule has 3 aromatic rings. The van der Waals surface area contributed by atoms with E-state index in [1.165, 1.54) is 21.3 Å². The quantitative estimate of drug-likeness (QED) is 0.631. The average molecular weight is 403 g/mol. The van der Waals surface area contributed by atoms with Gasteiger partial charge in [-0.3, -0.25) is 4.40 Å². The van der Waals surface area contributed by atoms with Crippen LogP contribution in [-0.4, -0.2) is 44.4 Å². The van der Waals surface area contributed by atoms with E-state index in [0.29, 0.717) is 47.1 Å². The van der Waals surface area contributed by atoms with E-state index in [1.54, 1.807) is 35.0 Å². The lowest BCUT2D eigenvalue weighted by molar-refractivity contribution is 0.356. The third kappa shape index (κ3) is 2.82. The fraction of sp³-hybridized carbons (Fsp3) is 0.316. The zero-order chi connectivity index (χ0) is 20.1. The fourth-order valence-electron chi connectivity index (χ4n) is 3.27. The van der Waals surface area contributed by atoms with Crippen molar-refractivity contribution in [2.24, 2.45) is 0 Å². The van der Waals surface area contributed by atoms with E-state index in [-0.39, 0.29) is 10.1 Å². The van der Waals surface area contributed by atoms with E-state index < -0.39 is 9.84 Å². The first-order chi connectivity index (χ1) is 13.4. The Morgan fingerprint density at radius 1 is 1.07 bits per heavy atom. The Hall–Kier alpha value is -2.94. The van der Waals surface area contributed by atoms with Gasteiger partial charge in [0.25, 0.3) is 0 Å². The number of rotatable bonds is 6. The summed E-state index contributed by atoms with van der Waals surface area (Å²) < 4.78 is 43.4. The van der Waals surface area contributed by atoms with Gasteiger partial charge in [-0.05, 0) is 25.0 Å². The minimum atomic E-state index is -3.45.